The van der Waals surface area contributed by atoms with Crippen LogP contribution in [0.15, 0.2) is 23.8 Å². The maximum Gasteiger partial charge on any atom is 0.165 e. The molecule has 3 rings (SSSR count). The van der Waals surface area contributed by atoms with Gasteiger partial charge in [0, 0.05) is 5.41 Å². The highest BCUT2D eigenvalue weighted by molar-refractivity contribution is 5.81. The number of fused-ring (bicyclic) bond motifs is 1. The molecule has 0 bridgehead atoms. The van der Waals surface area contributed by atoms with Crippen LogP contribution >= 0.6 is 0 Å². The number of hydrogen-bond acceptors (Lipinski definition) is 5. The fourth-order valence-corrected chi connectivity index (χ4v) is 3.05. The number of rotatable bonds is 2. The molecule has 0 spiro atoms. The molecule has 0 unspecified atom stereocenters. The number of aromatic nitrogens is 4. The van der Waals surface area contributed by atoms with E-state index in [-0.39, 0.29) is 18.1 Å². The zero-order valence-corrected chi connectivity index (χ0v) is 12.0. The van der Waals surface area contributed by atoms with Gasteiger partial charge in [-0.15, -0.1) is 0 Å². The third-order valence-corrected chi connectivity index (χ3v) is 4.71. The van der Waals surface area contributed by atoms with Crippen molar-refractivity contribution in [2.45, 2.75) is 33.2 Å². The average molecular weight is 273 g/mol. The van der Waals surface area contributed by atoms with E-state index in [4.69, 9.17) is 5.73 Å². The molecule has 0 saturated carbocycles. The van der Waals surface area contributed by atoms with Crippen molar-refractivity contribution >= 4 is 17.0 Å². The highest BCUT2D eigenvalue weighted by atomic mass is 16.3. The maximum absolute atomic E-state index is 9.68. The van der Waals surface area contributed by atoms with Crippen LogP contribution < -0.4 is 5.73 Å². The summed E-state index contributed by atoms with van der Waals surface area (Å²) in [6.45, 7) is 6.44. The molecule has 0 amide bonds. The zero-order chi connectivity index (χ0) is 14.5. The smallest absolute Gasteiger partial charge is 0.165 e. The Balaban J connectivity index is 2.12. The molecule has 0 saturated heterocycles. The second-order valence-corrected chi connectivity index (χ2v) is 5.83. The summed E-state index contributed by atoms with van der Waals surface area (Å²) in [5.74, 6) is 0.398. The third kappa shape index (κ3) is 1.64. The van der Waals surface area contributed by atoms with E-state index in [0.717, 1.165) is 12.1 Å². The van der Waals surface area contributed by atoms with E-state index in [1.165, 1.54) is 17.5 Å². The molecule has 20 heavy (non-hydrogen) atoms. The zero-order valence-electron chi connectivity index (χ0n) is 12.0. The molecule has 6 heteroatoms. The molecule has 2 atom stereocenters. The first-order chi connectivity index (χ1) is 9.48. The van der Waals surface area contributed by atoms with Gasteiger partial charge in [0.15, 0.2) is 11.5 Å². The van der Waals surface area contributed by atoms with Crippen molar-refractivity contribution in [2.75, 3.05) is 12.3 Å². The SMILES string of the molecule is CC1=C(C)[C@](C)(CO)C[C@H]1n1cnc2c(N)ncnc21. The molecule has 6 nitrogen and oxygen atoms in total. The molecule has 0 fully saturated rings. The third-order valence-electron chi connectivity index (χ3n) is 4.71. The summed E-state index contributed by atoms with van der Waals surface area (Å²) in [5.41, 5.74) is 9.54. The van der Waals surface area contributed by atoms with E-state index in [1.54, 1.807) is 6.33 Å². The predicted octanol–water partition coefficient (Wildman–Crippen LogP) is 1.69. The predicted molar refractivity (Wildman–Crippen MR) is 77.0 cm³/mol. The van der Waals surface area contributed by atoms with Crippen LogP contribution in [-0.4, -0.2) is 31.2 Å². The molecule has 106 valence electrons. The summed E-state index contributed by atoms with van der Waals surface area (Å²) in [6, 6.07) is 0.159. The van der Waals surface area contributed by atoms with Crippen LogP contribution in [-0.2, 0) is 0 Å². The number of aliphatic hydroxyl groups is 1. The van der Waals surface area contributed by atoms with Gasteiger partial charge in [-0.1, -0.05) is 18.1 Å². The Kier molecular flexibility index (Phi) is 2.79. The Morgan fingerprint density at radius 2 is 2.15 bits per heavy atom. The number of hydrogen-bond donors (Lipinski definition) is 2. The molecule has 1 aliphatic carbocycles. The number of nitrogens with zero attached hydrogens (tertiary/aromatic N) is 4. The van der Waals surface area contributed by atoms with Crippen LogP contribution in [0.25, 0.3) is 11.2 Å². The molecule has 1 aliphatic rings. The van der Waals surface area contributed by atoms with E-state index in [1.807, 2.05) is 4.57 Å². The summed E-state index contributed by atoms with van der Waals surface area (Å²) in [6.07, 6.45) is 4.07. The van der Waals surface area contributed by atoms with Crippen molar-refractivity contribution in [2.24, 2.45) is 5.41 Å². The number of nitrogens with two attached hydrogens (primary N) is 1. The minimum absolute atomic E-state index is 0.149. The lowest BCUT2D eigenvalue weighted by atomic mass is 9.84. The highest BCUT2D eigenvalue weighted by Crippen LogP contribution is 2.48. The molecule has 2 aromatic rings. The number of anilines is 1. The highest BCUT2D eigenvalue weighted by Gasteiger charge is 2.39. The van der Waals surface area contributed by atoms with E-state index in [9.17, 15) is 5.11 Å². The van der Waals surface area contributed by atoms with Crippen LogP contribution in [0, 0.1) is 5.41 Å². The van der Waals surface area contributed by atoms with Crippen LogP contribution in [0.4, 0.5) is 5.82 Å². The largest absolute Gasteiger partial charge is 0.395 e. The number of allylic oxidation sites excluding steroid dienone is 1. The Morgan fingerprint density at radius 1 is 1.40 bits per heavy atom. The lowest BCUT2D eigenvalue weighted by Crippen LogP contribution is -2.21. The van der Waals surface area contributed by atoms with Crippen molar-refractivity contribution in [3.8, 4) is 0 Å². The van der Waals surface area contributed by atoms with Gasteiger partial charge in [0.1, 0.15) is 11.8 Å². The second kappa shape index (κ2) is 4.28. The summed E-state index contributed by atoms with van der Waals surface area (Å²) in [7, 11) is 0. The minimum atomic E-state index is -0.177. The van der Waals surface area contributed by atoms with Gasteiger partial charge in [0.25, 0.3) is 0 Å². The van der Waals surface area contributed by atoms with E-state index in [2.05, 4.69) is 35.7 Å². The molecule has 0 aromatic carbocycles. The lowest BCUT2D eigenvalue weighted by Gasteiger charge is -2.24. The summed E-state index contributed by atoms with van der Waals surface area (Å²) >= 11 is 0. The number of aliphatic hydroxyl groups excluding tert-OH is 1. The lowest BCUT2D eigenvalue weighted by molar-refractivity contribution is 0.166. The summed E-state index contributed by atoms with van der Waals surface area (Å²) < 4.78 is 2.03. The van der Waals surface area contributed by atoms with E-state index < -0.39 is 0 Å². The number of nitrogen functional groups attached to an aromatic ring is 1. The van der Waals surface area contributed by atoms with Gasteiger partial charge in [0.05, 0.1) is 19.0 Å². The Morgan fingerprint density at radius 3 is 2.80 bits per heavy atom. The first-order valence-electron chi connectivity index (χ1n) is 6.69. The van der Waals surface area contributed by atoms with E-state index in [0.29, 0.717) is 11.3 Å². The van der Waals surface area contributed by atoms with Gasteiger partial charge < -0.3 is 15.4 Å². The van der Waals surface area contributed by atoms with Gasteiger partial charge in [-0.05, 0) is 20.3 Å². The monoisotopic (exact) mass is 273 g/mol. The summed E-state index contributed by atoms with van der Waals surface area (Å²) in [4.78, 5) is 12.6. The summed E-state index contributed by atoms with van der Waals surface area (Å²) in [5, 5.41) is 9.68. The molecule has 2 aromatic heterocycles. The van der Waals surface area contributed by atoms with Crippen molar-refractivity contribution in [1.29, 1.82) is 0 Å². The average Bonchev–Trinajstić information content (AvgIpc) is 2.96. The van der Waals surface area contributed by atoms with Crippen LogP contribution in [0.5, 0.6) is 0 Å². The van der Waals surface area contributed by atoms with Crippen LogP contribution in [0.3, 0.4) is 0 Å². The molecule has 0 aliphatic heterocycles. The van der Waals surface area contributed by atoms with E-state index >= 15 is 0 Å². The van der Waals surface area contributed by atoms with Crippen molar-refractivity contribution in [3.05, 3.63) is 23.8 Å². The Labute approximate surface area is 117 Å². The van der Waals surface area contributed by atoms with Crippen molar-refractivity contribution in [3.63, 3.8) is 0 Å². The normalized spacial score (nSPS) is 26.7. The fourth-order valence-electron chi connectivity index (χ4n) is 3.05. The topological polar surface area (TPSA) is 89.8 Å². The molecule has 0 radical (unpaired) electrons. The Bertz CT molecular complexity index is 705. The van der Waals surface area contributed by atoms with Crippen LogP contribution in [0.2, 0.25) is 0 Å². The van der Waals surface area contributed by atoms with Crippen molar-refractivity contribution in [1.82, 2.24) is 19.5 Å². The van der Waals surface area contributed by atoms with Gasteiger partial charge >= 0.3 is 0 Å². The molecule has 3 N–H and O–H groups in total. The van der Waals surface area contributed by atoms with Crippen LogP contribution in [0.1, 0.15) is 33.2 Å². The molecular formula is C14H19N5O. The second-order valence-electron chi connectivity index (χ2n) is 5.83. The fraction of sp³-hybridized carbons (Fsp3) is 0.500. The van der Waals surface area contributed by atoms with Gasteiger partial charge in [-0.3, -0.25) is 0 Å². The Hall–Kier alpha value is -1.95. The first kappa shape index (κ1) is 13.1. The standard InChI is InChI=1S/C14H19N5O/c1-8-9(2)14(3,5-20)4-10(8)19-7-18-11-12(15)16-6-17-13(11)19/h6-7,10,20H,4-5H2,1-3H3,(H2,15,16,17)/t10-,14+/m1/s1. The first-order valence-corrected chi connectivity index (χ1v) is 6.69. The number of imidazole rings is 1. The molecular weight excluding hydrogens is 254 g/mol. The van der Waals surface area contributed by atoms with Crippen molar-refractivity contribution < 1.29 is 5.11 Å². The quantitative estimate of drug-likeness (QED) is 0.813. The van der Waals surface area contributed by atoms with Gasteiger partial charge in [0.2, 0.25) is 0 Å². The van der Waals surface area contributed by atoms with Gasteiger partial charge in [-0.25, -0.2) is 15.0 Å². The maximum atomic E-state index is 9.68. The minimum Gasteiger partial charge on any atom is -0.395 e. The molecule has 2 heterocycles. The van der Waals surface area contributed by atoms with Gasteiger partial charge in [-0.2, -0.15) is 0 Å².